The summed E-state index contributed by atoms with van der Waals surface area (Å²) in [5.74, 6) is -0.347. The van der Waals surface area contributed by atoms with Crippen molar-refractivity contribution in [1.29, 1.82) is 0 Å². The first kappa shape index (κ1) is 18.9. The molecule has 0 radical (unpaired) electrons. The topological polar surface area (TPSA) is 84.9 Å². The van der Waals surface area contributed by atoms with E-state index in [0.717, 1.165) is 10.5 Å². The Morgan fingerprint density at radius 1 is 1.11 bits per heavy atom. The lowest BCUT2D eigenvalue weighted by atomic mass is 9.85. The Bertz CT molecular complexity index is 763. The van der Waals surface area contributed by atoms with Gasteiger partial charge in [0.25, 0.3) is 0 Å². The number of nitrogens with zero attached hydrogens (tertiary/aromatic N) is 1. The molecule has 3 atom stereocenters. The first-order valence-corrected chi connectivity index (χ1v) is 8.98. The number of carbonyl (C=O) groups excluding carboxylic acids is 3. The van der Waals surface area contributed by atoms with Gasteiger partial charge in [0.2, 0.25) is 17.7 Å². The predicted octanol–water partition coefficient (Wildman–Crippen LogP) is 1.66. The second-order valence-electron chi connectivity index (χ2n) is 6.79. The number of carbonyl (C=O) groups is 3. The van der Waals surface area contributed by atoms with E-state index in [4.69, 9.17) is 9.47 Å². The third-order valence-electron chi connectivity index (χ3n) is 5.22. The van der Waals surface area contributed by atoms with Crippen molar-refractivity contribution < 1.29 is 23.9 Å². The molecule has 7 heteroatoms. The van der Waals surface area contributed by atoms with Crippen LogP contribution in [0.15, 0.2) is 30.4 Å². The monoisotopic (exact) mass is 372 g/mol. The summed E-state index contributed by atoms with van der Waals surface area (Å²) >= 11 is 0. The molecule has 0 aromatic heterocycles. The van der Waals surface area contributed by atoms with Crippen LogP contribution in [-0.2, 0) is 20.9 Å². The smallest absolute Gasteiger partial charge is 0.243 e. The molecule has 0 saturated carbocycles. The number of nitrogens with one attached hydrogen (secondary N) is 1. The highest BCUT2D eigenvalue weighted by Gasteiger charge is 2.50. The first-order chi connectivity index (χ1) is 13.0. The largest absolute Gasteiger partial charge is 0.493 e. The molecule has 7 nitrogen and oxygen atoms in total. The average molecular weight is 372 g/mol. The number of rotatable bonds is 6. The molecule has 3 rings (SSSR count). The number of fused-ring (bicyclic) bond motifs is 1. The molecule has 1 saturated heterocycles. The van der Waals surface area contributed by atoms with E-state index in [1.807, 2.05) is 18.2 Å². The minimum absolute atomic E-state index is 0.247. The Balaban J connectivity index is 1.64. The lowest BCUT2D eigenvalue weighted by Gasteiger charge is -2.22. The van der Waals surface area contributed by atoms with Crippen molar-refractivity contribution in [2.75, 3.05) is 14.2 Å². The maximum Gasteiger partial charge on any atom is 0.243 e. The van der Waals surface area contributed by atoms with Crippen molar-refractivity contribution in [2.24, 2.45) is 11.8 Å². The van der Waals surface area contributed by atoms with Crippen LogP contribution in [0.25, 0.3) is 0 Å². The maximum atomic E-state index is 12.6. The van der Waals surface area contributed by atoms with Gasteiger partial charge in [-0.05, 0) is 37.5 Å². The van der Waals surface area contributed by atoms with Gasteiger partial charge in [0.05, 0.1) is 26.1 Å². The number of amides is 3. The van der Waals surface area contributed by atoms with Gasteiger partial charge in [-0.3, -0.25) is 19.3 Å². The van der Waals surface area contributed by atoms with Crippen molar-refractivity contribution >= 4 is 17.7 Å². The lowest BCUT2D eigenvalue weighted by Crippen LogP contribution is -2.48. The van der Waals surface area contributed by atoms with Crippen LogP contribution in [0.3, 0.4) is 0 Å². The highest BCUT2D eigenvalue weighted by molar-refractivity contribution is 6.08. The van der Waals surface area contributed by atoms with Crippen molar-refractivity contribution in [1.82, 2.24) is 10.2 Å². The molecule has 0 spiro atoms. The van der Waals surface area contributed by atoms with E-state index < -0.39 is 6.04 Å². The summed E-state index contributed by atoms with van der Waals surface area (Å²) in [6.07, 6.45) is 4.98. The van der Waals surface area contributed by atoms with Gasteiger partial charge in [0.15, 0.2) is 11.5 Å². The molecule has 3 amide bonds. The summed E-state index contributed by atoms with van der Waals surface area (Å²) in [4.78, 5) is 38.9. The zero-order valence-corrected chi connectivity index (χ0v) is 15.7. The van der Waals surface area contributed by atoms with Crippen LogP contribution >= 0.6 is 0 Å². The van der Waals surface area contributed by atoms with Crippen LogP contribution in [0.5, 0.6) is 11.5 Å². The van der Waals surface area contributed by atoms with Gasteiger partial charge < -0.3 is 14.8 Å². The number of imide groups is 1. The number of likely N-dealkylation sites (tertiary alicyclic amines) is 1. The van der Waals surface area contributed by atoms with E-state index in [1.165, 1.54) is 0 Å². The molecule has 27 heavy (non-hydrogen) atoms. The van der Waals surface area contributed by atoms with Gasteiger partial charge in [0.1, 0.15) is 6.04 Å². The molecule has 1 aromatic carbocycles. The fourth-order valence-corrected chi connectivity index (χ4v) is 3.65. The second kappa shape index (κ2) is 7.82. The van der Waals surface area contributed by atoms with Crippen molar-refractivity contribution in [3.63, 3.8) is 0 Å². The average Bonchev–Trinajstić information content (AvgIpc) is 2.96. The second-order valence-corrected chi connectivity index (χ2v) is 6.79. The summed E-state index contributed by atoms with van der Waals surface area (Å²) < 4.78 is 10.4. The van der Waals surface area contributed by atoms with Crippen LogP contribution < -0.4 is 14.8 Å². The summed E-state index contributed by atoms with van der Waals surface area (Å²) in [7, 11) is 3.10. The molecule has 2 aliphatic rings. The number of allylic oxidation sites excluding steroid dienone is 2. The Morgan fingerprint density at radius 2 is 1.70 bits per heavy atom. The predicted molar refractivity (Wildman–Crippen MR) is 98.1 cm³/mol. The zero-order chi connectivity index (χ0) is 19.6. The number of methoxy groups -OCH3 is 2. The van der Waals surface area contributed by atoms with E-state index >= 15 is 0 Å². The summed E-state index contributed by atoms with van der Waals surface area (Å²) in [6, 6.07) is 4.51. The third-order valence-corrected chi connectivity index (χ3v) is 5.22. The van der Waals surface area contributed by atoms with Crippen LogP contribution in [0.1, 0.15) is 25.3 Å². The molecule has 1 N–H and O–H groups in total. The molecule has 1 heterocycles. The third kappa shape index (κ3) is 3.54. The fraction of sp³-hybridized carbons (Fsp3) is 0.450. The zero-order valence-electron chi connectivity index (χ0n) is 15.7. The van der Waals surface area contributed by atoms with Gasteiger partial charge in [0, 0.05) is 6.54 Å². The van der Waals surface area contributed by atoms with Crippen LogP contribution in [0.4, 0.5) is 0 Å². The Morgan fingerprint density at radius 3 is 2.26 bits per heavy atom. The minimum Gasteiger partial charge on any atom is -0.493 e. The van der Waals surface area contributed by atoms with Crippen LogP contribution in [0.2, 0.25) is 0 Å². The molecular weight excluding hydrogens is 348 g/mol. The molecule has 144 valence electrons. The van der Waals surface area contributed by atoms with E-state index in [1.54, 1.807) is 33.3 Å². The van der Waals surface area contributed by atoms with Gasteiger partial charge in [-0.25, -0.2) is 0 Å². The molecule has 1 aromatic rings. The first-order valence-electron chi connectivity index (χ1n) is 8.98. The Labute approximate surface area is 158 Å². The van der Waals surface area contributed by atoms with E-state index in [2.05, 4.69) is 5.32 Å². The normalized spacial score (nSPS) is 22.4. The molecule has 1 aliphatic heterocycles. The van der Waals surface area contributed by atoms with Crippen molar-refractivity contribution in [3.8, 4) is 11.5 Å². The van der Waals surface area contributed by atoms with Gasteiger partial charge in [-0.1, -0.05) is 18.2 Å². The van der Waals surface area contributed by atoms with Gasteiger partial charge >= 0.3 is 0 Å². The van der Waals surface area contributed by atoms with Gasteiger partial charge in [-0.2, -0.15) is 0 Å². The summed E-state index contributed by atoms with van der Waals surface area (Å²) in [6.45, 7) is 1.85. The minimum atomic E-state index is -0.837. The summed E-state index contributed by atoms with van der Waals surface area (Å²) in [5.41, 5.74) is 0.824. The van der Waals surface area contributed by atoms with E-state index in [0.29, 0.717) is 24.3 Å². The number of hydrogen-bond acceptors (Lipinski definition) is 5. The molecule has 1 aliphatic carbocycles. The van der Waals surface area contributed by atoms with Gasteiger partial charge in [-0.15, -0.1) is 0 Å². The maximum absolute atomic E-state index is 12.6. The SMILES string of the molecule is COc1ccc(CNC(=O)[C@H](C)N2C(=O)[C@H]3CC=CC[C@@H]3C2=O)cc1OC. The number of benzene rings is 1. The lowest BCUT2D eigenvalue weighted by molar-refractivity contribution is -0.147. The molecule has 0 bridgehead atoms. The molecule has 1 fully saturated rings. The Kier molecular flexibility index (Phi) is 5.48. The fourth-order valence-electron chi connectivity index (χ4n) is 3.65. The number of hydrogen-bond donors (Lipinski definition) is 1. The quantitative estimate of drug-likeness (QED) is 0.606. The number of ether oxygens (including phenoxy) is 2. The van der Waals surface area contributed by atoms with E-state index in [-0.39, 0.29) is 36.1 Å². The summed E-state index contributed by atoms with van der Waals surface area (Å²) in [5, 5.41) is 2.79. The van der Waals surface area contributed by atoms with Crippen LogP contribution in [-0.4, -0.2) is 42.9 Å². The highest BCUT2D eigenvalue weighted by Crippen LogP contribution is 2.36. The highest BCUT2D eigenvalue weighted by atomic mass is 16.5. The van der Waals surface area contributed by atoms with Crippen molar-refractivity contribution in [3.05, 3.63) is 35.9 Å². The van der Waals surface area contributed by atoms with E-state index in [9.17, 15) is 14.4 Å². The standard InChI is InChI=1S/C20H24N2O5/c1-12(22-19(24)14-6-4-5-7-15(14)20(22)25)18(23)21-11-13-8-9-16(26-2)17(10-13)27-3/h4-5,8-10,12,14-15H,6-7,11H2,1-3H3,(H,21,23)/t12-,14-,15-/m0/s1. The van der Waals surface area contributed by atoms with Crippen molar-refractivity contribution in [2.45, 2.75) is 32.4 Å². The molecular formula is C20H24N2O5. The molecule has 0 unspecified atom stereocenters. The Hall–Kier alpha value is -2.83. The van der Waals surface area contributed by atoms with Crippen LogP contribution in [0, 0.1) is 11.8 Å².